The maximum absolute atomic E-state index is 15.0. The third-order valence-electron chi connectivity index (χ3n) is 6.16. The quantitative estimate of drug-likeness (QED) is 0.339. The maximum atomic E-state index is 15.0. The minimum Gasteiger partial charge on any atom is -0.470 e. The molecule has 0 bridgehead atoms. The molecule has 0 amide bonds. The lowest BCUT2D eigenvalue weighted by atomic mass is 10.0. The van der Waals surface area contributed by atoms with E-state index in [1.54, 1.807) is 6.92 Å². The van der Waals surface area contributed by atoms with Crippen molar-refractivity contribution >= 4 is 11.6 Å². The molecule has 4 heterocycles. The number of rotatable bonds is 8. The maximum Gasteiger partial charge on any atom is 0.280 e. The number of nitrogens with zero attached hydrogens (tertiary/aromatic N) is 6. The lowest BCUT2D eigenvalue weighted by molar-refractivity contribution is 0.280. The average Bonchev–Trinajstić information content (AvgIpc) is 3.59. The standard InChI is InChI=1S/C26H25ClF3N7O2/c1-13-9-32-21(36-11-18(30)23(35-36)26(3,4)34-16-5-6-16)8-20(13)37-14(2)33-24(22(27)25(37)38)39-12-19-17(29)7-15(28)10-31-19/h7-11,16,34H,5-6,12H2,1-4H3/i12D2. The Labute approximate surface area is 229 Å². The van der Waals surface area contributed by atoms with E-state index in [-0.39, 0.29) is 17.3 Å². The van der Waals surface area contributed by atoms with E-state index in [2.05, 4.69) is 25.4 Å². The first-order valence-corrected chi connectivity index (χ1v) is 12.4. The SMILES string of the molecule is [2H]C([2H])(Oc1nc(C)n(-c2cc(-n3cc(F)c(C(C)(C)NC4CC4)n3)ncc2C)c(=O)c1Cl)c1ncc(F)cc1F. The number of ether oxygens (including phenoxy) is 1. The van der Waals surface area contributed by atoms with Crippen LogP contribution < -0.4 is 15.6 Å². The van der Waals surface area contributed by atoms with Crippen LogP contribution in [0.1, 0.15) is 52.2 Å². The molecule has 1 aliphatic carbocycles. The van der Waals surface area contributed by atoms with Gasteiger partial charge in [-0.05, 0) is 46.1 Å². The Morgan fingerprint density at radius 1 is 1.18 bits per heavy atom. The van der Waals surface area contributed by atoms with E-state index in [1.165, 1.54) is 30.1 Å². The van der Waals surface area contributed by atoms with Gasteiger partial charge in [0.1, 0.15) is 29.6 Å². The molecule has 1 fully saturated rings. The van der Waals surface area contributed by atoms with E-state index in [9.17, 15) is 18.0 Å². The van der Waals surface area contributed by atoms with Crippen molar-refractivity contribution in [3.8, 4) is 17.4 Å². The summed E-state index contributed by atoms with van der Waals surface area (Å²) in [6.07, 6.45) is 5.35. The van der Waals surface area contributed by atoms with Gasteiger partial charge < -0.3 is 10.1 Å². The molecule has 0 saturated heterocycles. The molecule has 5 rings (SSSR count). The molecule has 9 nitrogen and oxygen atoms in total. The number of nitrogens with one attached hydrogen (secondary N) is 1. The normalized spacial score (nSPS) is 14.8. The monoisotopic (exact) mass is 561 g/mol. The van der Waals surface area contributed by atoms with Gasteiger partial charge in [0.05, 0.1) is 26.4 Å². The van der Waals surface area contributed by atoms with Crippen molar-refractivity contribution in [2.75, 3.05) is 0 Å². The summed E-state index contributed by atoms with van der Waals surface area (Å²) >= 11 is 6.26. The van der Waals surface area contributed by atoms with Crippen LogP contribution in [0.4, 0.5) is 13.2 Å². The van der Waals surface area contributed by atoms with Gasteiger partial charge in [-0.1, -0.05) is 11.6 Å². The van der Waals surface area contributed by atoms with Crippen molar-refractivity contribution in [2.45, 2.75) is 58.7 Å². The van der Waals surface area contributed by atoms with Crippen molar-refractivity contribution < 1.29 is 20.6 Å². The first-order valence-electron chi connectivity index (χ1n) is 13.0. The topological polar surface area (TPSA) is 99.7 Å². The smallest absolute Gasteiger partial charge is 0.280 e. The van der Waals surface area contributed by atoms with Gasteiger partial charge in [0.25, 0.3) is 5.56 Å². The van der Waals surface area contributed by atoms with Gasteiger partial charge in [0.15, 0.2) is 22.5 Å². The molecule has 39 heavy (non-hydrogen) atoms. The lowest BCUT2D eigenvalue weighted by Gasteiger charge is -2.24. The summed E-state index contributed by atoms with van der Waals surface area (Å²) in [5.41, 5.74) is -1.33. The van der Waals surface area contributed by atoms with Crippen LogP contribution in [-0.4, -0.2) is 35.3 Å². The third kappa shape index (κ3) is 5.39. The highest BCUT2D eigenvalue weighted by Crippen LogP contribution is 2.29. The average molecular weight is 562 g/mol. The first kappa shape index (κ1) is 24.3. The molecule has 0 spiro atoms. The highest BCUT2D eigenvalue weighted by molar-refractivity contribution is 6.31. The first-order chi connectivity index (χ1) is 19.2. The predicted molar refractivity (Wildman–Crippen MR) is 137 cm³/mol. The summed E-state index contributed by atoms with van der Waals surface area (Å²) in [4.78, 5) is 25.3. The summed E-state index contributed by atoms with van der Waals surface area (Å²) in [5.74, 6) is -3.17. The van der Waals surface area contributed by atoms with Crippen molar-refractivity contribution in [1.29, 1.82) is 0 Å². The number of hydrogen-bond donors (Lipinski definition) is 1. The molecule has 0 unspecified atom stereocenters. The van der Waals surface area contributed by atoms with Crippen molar-refractivity contribution in [3.05, 3.63) is 86.3 Å². The molecule has 1 saturated carbocycles. The van der Waals surface area contributed by atoms with Crippen LogP contribution in [0.5, 0.6) is 5.88 Å². The Balaban J connectivity index is 1.51. The van der Waals surface area contributed by atoms with Gasteiger partial charge in [0.2, 0.25) is 5.88 Å². The summed E-state index contributed by atoms with van der Waals surface area (Å²) in [5, 5.41) is 7.20. The van der Waals surface area contributed by atoms with Gasteiger partial charge in [0, 0.05) is 24.4 Å². The summed E-state index contributed by atoms with van der Waals surface area (Å²) in [7, 11) is 0. The molecule has 0 atom stereocenters. The van der Waals surface area contributed by atoms with Gasteiger partial charge in [-0.25, -0.2) is 22.8 Å². The molecular weight excluding hydrogens is 535 g/mol. The number of halogens is 4. The van der Waals surface area contributed by atoms with Gasteiger partial charge in [-0.2, -0.15) is 10.1 Å². The second-order valence-electron chi connectivity index (χ2n) is 9.75. The lowest BCUT2D eigenvalue weighted by Crippen LogP contribution is -2.39. The fourth-order valence-electron chi connectivity index (χ4n) is 4.09. The Morgan fingerprint density at radius 3 is 2.62 bits per heavy atom. The fraction of sp³-hybridized carbons (Fsp3) is 0.346. The third-order valence-corrected chi connectivity index (χ3v) is 6.48. The van der Waals surface area contributed by atoms with Gasteiger partial charge in [-0.3, -0.25) is 14.3 Å². The Morgan fingerprint density at radius 2 is 1.92 bits per heavy atom. The van der Waals surface area contributed by atoms with Crippen LogP contribution in [0.3, 0.4) is 0 Å². The van der Waals surface area contributed by atoms with E-state index in [0.29, 0.717) is 29.6 Å². The summed E-state index contributed by atoms with van der Waals surface area (Å²) in [6.45, 7) is 3.89. The molecule has 1 N–H and O–H groups in total. The molecule has 4 aromatic heterocycles. The summed E-state index contributed by atoms with van der Waals surface area (Å²) in [6, 6.07) is 2.28. The Kier molecular flexibility index (Phi) is 6.28. The second-order valence-corrected chi connectivity index (χ2v) is 10.1. The highest BCUT2D eigenvalue weighted by atomic mass is 35.5. The zero-order valence-electron chi connectivity index (χ0n) is 23.4. The molecule has 204 valence electrons. The van der Waals surface area contributed by atoms with Crippen LogP contribution in [0.15, 0.2) is 35.5 Å². The minimum absolute atomic E-state index is 0.0417. The fourth-order valence-corrected chi connectivity index (χ4v) is 4.25. The van der Waals surface area contributed by atoms with E-state index in [0.717, 1.165) is 17.4 Å². The minimum atomic E-state index is -2.94. The molecule has 4 aromatic rings. The second kappa shape index (κ2) is 10.1. The molecular formula is C26H25ClF3N7O2. The predicted octanol–water partition coefficient (Wildman–Crippen LogP) is 4.46. The molecule has 0 aromatic carbocycles. The number of pyridine rings is 2. The van der Waals surface area contributed by atoms with E-state index in [1.807, 2.05) is 13.8 Å². The van der Waals surface area contributed by atoms with E-state index in [4.69, 9.17) is 19.1 Å². The van der Waals surface area contributed by atoms with Gasteiger partial charge in [-0.15, -0.1) is 0 Å². The Bertz CT molecular complexity index is 1720. The van der Waals surface area contributed by atoms with Crippen LogP contribution in [0.2, 0.25) is 5.02 Å². The Hall–Kier alpha value is -3.77. The molecule has 1 aliphatic rings. The zero-order valence-corrected chi connectivity index (χ0v) is 22.1. The van der Waals surface area contributed by atoms with Crippen molar-refractivity contribution in [2.24, 2.45) is 0 Å². The van der Waals surface area contributed by atoms with E-state index < -0.39 is 51.7 Å². The number of hydrogen-bond acceptors (Lipinski definition) is 7. The van der Waals surface area contributed by atoms with Crippen LogP contribution in [0.25, 0.3) is 11.5 Å². The molecule has 0 aliphatic heterocycles. The van der Waals surface area contributed by atoms with Crippen LogP contribution in [0, 0.1) is 31.3 Å². The largest absolute Gasteiger partial charge is 0.470 e. The highest BCUT2D eigenvalue weighted by Gasteiger charge is 2.34. The number of aromatic nitrogens is 6. The van der Waals surface area contributed by atoms with Crippen molar-refractivity contribution in [1.82, 2.24) is 34.6 Å². The van der Waals surface area contributed by atoms with Crippen LogP contribution in [-0.2, 0) is 12.1 Å². The molecule has 13 heteroatoms. The van der Waals surface area contributed by atoms with E-state index >= 15 is 0 Å². The number of aryl methyl sites for hydroxylation is 2. The van der Waals surface area contributed by atoms with Gasteiger partial charge >= 0.3 is 0 Å². The van der Waals surface area contributed by atoms with Crippen LogP contribution >= 0.6 is 11.6 Å². The van der Waals surface area contributed by atoms with Crippen molar-refractivity contribution in [3.63, 3.8) is 0 Å². The summed E-state index contributed by atoms with van der Waals surface area (Å²) < 4.78 is 66.2. The zero-order chi connectivity index (χ0) is 29.9. The molecule has 0 radical (unpaired) electrons.